The van der Waals surface area contributed by atoms with E-state index in [1.165, 1.54) is 19.3 Å². The zero-order chi connectivity index (χ0) is 12.3. The average molecular weight is 238 g/mol. The summed E-state index contributed by atoms with van der Waals surface area (Å²) in [5.41, 5.74) is 6.01. The highest BCUT2D eigenvalue weighted by atomic mass is 16.2. The van der Waals surface area contributed by atoms with Crippen molar-refractivity contribution < 1.29 is 4.79 Å². The van der Waals surface area contributed by atoms with Crippen LogP contribution in [-0.2, 0) is 4.79 Å². The summed E-state index contributed by atoms with van der Waals surface area (Å²) in [7, 11) is 0. The van der Waals surface area contributed by atoms with E-state index in [1.807, 2.05) is 0 Å². The summed E-state index contributed by atoms with van der Waals surface area (Å²) in [4.78, 5) is 14.1. The minimum Gasteiger partial charge on any atom is -0.342 e. The largest absolute Gasteiger partial charge is 0.342 e. The number of fused-ring (bicyclic) bond motifs is 1. The minimum atomic E-state index is 0.376. The van der Waals surface area contributed by atoms with Crippen LogP contribution in [0.5, 0.6) is 0 Å². The summed E-state index contributed by atoms with van der Waals surface area (Å²) in [6.07, 6.45) is 7.68. The first kappa shape index (κ1) is 12.9. The van der Waals surface area contributed by atoms with E-state index in [0.717, 1.165) is 44.7 Å². The van der Waals surface area contributed by atoms with Crippen molar-refractivity contribution in [2.24, 2.45) is 17.6 Å². The van der Waals surface area contributed by atoms with Crippen LogP contribution < -0.4 is 5.73 Å². The molecule has 98 valence electrons. The average Bonchev–Trinajstić information content (AvgIpc) is 2.72. The monoisotopic (exact) mass is 238 g/mol. The van der Waals surface area contributed by atoms with Crippen molar-refractivity contribution in [1.82, 2.24) is 4.90 Å². The molecule has 0 radical (unpaired) electrons. The van der Waals surface area contributed by atoms with Crippen molar-refractivity contribution in [3.63, 3.8) is 0 Å². The Morgan fingerprint density at radius 3 is 2.76 bits per heavy atom. The Morgan fingerprint density at radius 2 is 2.00 bits per heavy atom. The Bertz CT molecular complexity index is 267. The molecule has 3 atom stereocenters. The van der Waals surface area contributed by atoms with Crippen LogP contribution in [-0.4, -0.2) is 29.9 Å². The molecule has 2 fully saturated rings. The molecule has 1 unspecified atom stereocenters. The summed E-state index contributed by atoms with van der Waals surface area (Å²) in [6.45, 7) is 4.15. The van der Waals surface area contributed by atoms with Crippen LogP contribution in [0.15, 0.2) is 0 Å². The predicted octanol–water partition coefficient (Wildman–Crippen LogP) is 2.15. The Hall–Kier alpha value is -0.570. The molecule has 0 bridgehead atoms. The zero-order valence-corrected chi connectivity index (χ0v) is 11.0. The van der Waals surface area contributed by atoms with Gasteiger partial charge < -0.3 is 10.6 Å². The van der Waals surface area contributed by atoms with E-state index in [2.05, 4.69) is 11.8 Å². The molecule has 0 aromatic rings. The van der Waals surface area contributed by atoms with Crippen molar-refractivity contribution in [2.75, 3.05) is 13.1 Å². The van der Waals surface area contributed by atoms with Crippen molar-refractivity contribution in [2.45, 2.75) is 57.9 Å². The third kappa shape index (κ3) is 3.21. The van der Waals surface area contributed by atoms with Crippen molar-refractivity contribution in [3.8, 4) is 0 Å². The molecule has 2 rings (SSSR count). The zero-order valence-electron chi connectivity index (χ0n) is 11.0. The lowest BCUT2D eigenvalue weighted by molar-refractivity contribution is -0.130. The van der Waals surface area contributed by atoms with E-state index < -0.39 is 0 Å². The highest BCUT2D eigenvalue weighted by Gasteiger charge is 2.38. The van der Waals surface area contributed by atoms with Gasteiger partial charge in [-0.15, -0.1) is 0 Å². The number of carbonyl (C=O) groups excluding carboxylic acids is 1. The van der Waals surface area contributed by atoms with E-state index in [0.29, 0.717) is 17.9 Å². The van der Waals surface area contributed by atoms with Crippen LogP contribution in [0.2, 0.25) is 0 Å². The van der Waals surface area contributed by atoms with Gasteiger partial charge in [-0.25, -0.2) is 0 Å². The molecule has 0 spiro atoms. The van der Waals surface area contributed by atoms with Gasteiger partial charge in [-0.2, -0.15) is 0 Å². The first-order valence-corrected chi connectivity index (χ1v) is 7.24. The van der Waals surface area contributed by atoms with Crippen LogP contribution in [0.3, 0.4) is 0 Å². The van der Waals surface area contributed by atoms with Crippen LogP contribution in [0.25, 0.3) is 0 Å². The Kier molecular flexibility index (Phi) is 4.43. The van der Waals surface area contributed by atoms with E-state index in [1.54, 1.807) is 0 Å². The number of unbranched alkanes of at least 4 members (excludes halogenated alkanes) is 2. The summed E-state index contributed by atoms with van der Waals surface area (Å²) in [5.74, 6) is 1.81. The van der Waals surface area contributed by atoms with Crippen LogP contribution in [0.4, 0.5) is 0 Å². The second-order valence-corrected chi connectivity index (χ2v) is 5.85. The number of nitrogens with two attached hydrogens (primary N) is 1. The smallest absolute Gasteiger partial charge is 0.222 e. The molecular weight excluding hydrogens is 212 g/mol. The minimum absolute atomic E-state index is 0.376. The van der Waals surface area contributed by atoms with Crippen molar-refractivity contribution >= 4 is 5.91 Å². The normalized spacial score (nSPS) is 32.6. The molecule has 1 aliphatic heterocycles. The molecule has 1 amide bonds. The van der Waals surface area contributed by atoms with Gasteiger partial charge in [0.2, 0.25) is 5.91 Å². The van der Waals surface area contributed by atoms with Gasteiger partial charge in [0, 0.05) is 25.6 Å². The Balaban J connectivity index is 1.78. The number of hydrogen-bond donors (Lipinski definition) is 1. The Labute approximate surface area is 105 Å². The van der Waals surface area contributed by atoms with Gasteiger partial charge >= 0.3 is 0 Å². The van der Waals surface area contributed by atoms with Gasteiger partial charge in [0.1, 0.15) is 0 Å². The van der Waals surface area contributed by atoms with Gasteiger partial charge in [-0.3, -0.25) is 4.79 Å². The lowest BCUT2D eigenvalue weighted by atomic mass is 9.79. The van der Waals surface area contributed by atoms with Crippen molar-refractivity contribution in [3.05, 3.63) is 0 Å². The molecule has 1 saturated heterocycles. The molecule has 2 N–H and O–H groups in total. The van der Waals surface area contributed by atoms with Gasteiger partial charge in [0.05, 0.1) is 0 Å². The maximum Gasteiger partial charge on any atom is 0.222 e. The molecule has 3 nitrogen and oxygen atoms in total. The predicted molar refractivity (Wildman–Crippen MR) is 69.5 cm³/mol. The third-order valence-corrected chi connectivity index (χ3v) is 4.44. The molecule has 1 aliphatic carbocycles. The summed E-state index contributed by atoms with van der Waals surface area (Å²) < 4.78 is 0. The molecule has 0 aromatic heterocycles. The first-order valence-electron chi connectivity index (χ1n) is 7.24. The number of likely N-dealkylation sites (tertiary alicyclic amines) is 1. The number of rotatable bonds is 4. The molecule has 17 heavy (non-hydrogen) atoms. The molecule has 0 aromatic carbocycles. The second-order valence-electron chi connectivity index (χ2n) is 5.85. The fraction of sp³-hybridized carbons (Fsp3) is 0.929. The van der Waals surface area contributed by atoms with Gasteiger partial charge in [0.15, 0.2) is 0 Å². The summed E-state index contributed by atoms with van der Waals surface area (Å²) >= 11 is 0. The summed E-state index contributed by atoms with van der Waals surface area (Å²) in [6, 6.07) is 0.381. The lowest BCUT2D eigenvalue weighted by Gasteiger charge is -2.27. The third-order valence-electron chi connectivity index (χ3n) is 4.44. The van der Waals surface area contributed by atoms with Crippen LogP contribution in [0, 0.1) is 11.8 Å². The number of nitrogens with zero attached hydrogens (tertiary/aromatic N) is 1. The maximum absolute atomic E-state index is 12.0. The molecular formula is C14H26N2O. The van der Waals surface area contributed by atoms with E-state index in [4.69, 9.17) is 5.73 Å². The molecule has 3 heteroatoms. The second kappa shape index (κ2) is 5.85. The number of amides is 1. The van der Waals surface area contributed by atoms with Gasteiger partial charge in [-0.1, -0.05) is 19.8 Å². The molecule has 2 aliphatic rings. The number of carbonyl (C=O) groups is 1. The molecule has 1 heterocycles. The topological polar surface area (TPSA) is 46.3 Å². The van der Waals surface area contributed by atoms with Crippen LogP contribution >= 0.6 is 0 Å². The fourth-order valence-corrected chi connectivity index (χ4v) is 3.36. The SMILES string of the molecule is CCCCCC(=O)N1C[C@H]2CCC(N)C[C@H]2C1. The van der Waals surface area contributed by atoms with Crippen molar-refractivity contribution in [1.29, 1.82) is 0 Å². The maximum atomic E-state index is 12.0. The highest BCUT2D eigenvalue weighted by molar-refractivity contribution is 5.76. The quantitative estimate of drug-likeness (QED) is 0.763. The van der Waals surface area contributed by atoms with E-state index in [9.17, 15) is 4.79 Å². The Morgan fingerprint density at radius 1 is 1.24 bits per heavy atom. The van der Waals surface area contributed by atoms with E-state index in [-0.39, 0.29) is 0 Å². The highest BCUT2D eigenvalue weighted by Crippen LogP contribution is 2.35. The van der Waals surface area contributed by atoms with Crippen LogP contribution in [0.1, 0.15) is 51.9 Å². The standard InChI is InChI=1S/C14H26N2O/c1-2-3-4-5-14(17)16-9-11-6-7-13(15)8-12(11)10-16/h11-13H,2-10,15H2,1H3/t11-,12+,13?/m1/s1. The summed E-state index contributed by atoms with van der Waals surface area (Å²) in [5, 5.41) is 0. The lowest BCUT2D eigenvalue weighted by Crippen LogP contribution is -2.32. The molecule has 1 saturated carbocycles. The fourth-order valence-electron chi connectivity index (χ4n) is 3.36. The van der Waals surface area contributed by atoms with Gasteiger partial charge in [0.25, 0.3) is 0 Å². The first-order chi connectivity index (χ1) is 8.20. The van der Waals surface area contributed by atoms with Gasteiger partial charge in [-0.05, 0) is 37.5 Å². The van der Waals surface area contributed by atoms with E-state index >= 15 is 0 Å². The number of hydrogen-bond acceptors (Lipinski definition) is 2.